The average Bonchev–Trinajstić information content (AvgIpc) is 2.44. The first-order chi connectivity index (χ1) is 9.29. The summed E-state index contributed by atoms with van der Waals surface area (Å²) in [6.07, 6.45) is 0.695. The van der Waals surface area contributed by atoms with Crippen LogP contribution < -0.4 is 4.74 Å². The van der Waals surface area contributed by atoms with Crippen LogP contribution in [0.25, 0.3) is 0 Å². The van der Waals surface area contributed by atoms with E-state index in [4.69, 9.17) is 9.47 Å². The molecule has 0 bridgehead atoms. The Kier molecular flexibility index (Phi) is 4.54. The Morgan fingerprint density at radius 3 is 2.70 bits per heavy atom. The summed E-state index contributed by atoms with van der Waals surface area (Å²) in [5.41, 5.74) is 2.58. The Morgan fingerprint density at radius 2 is 1.90 bits per heavy atom. The van der Waals surface area contributed by atoms with Crippen molar-refractivity contribution in [3.8, 4) is 11.5 Å². The van der Waals surface area contributed by atoms with Crippen LogP contribution >= 0.6 is 0 Å². The van der Waals surface area contributed by atoms with Gasteiger partial charge < -0.3 is 9.47 Å². The second-order valence-corrected chi connectivity index (χ2v) is 4.39. The molecule has 0 unspecified atom stereocenters. The van der Waals surface area contributed by atoms with Crippen molar-refractivity contribution in [3.63, 3.8) is 0 Å². The van der Waals surface area contributed by atoms with E-state index in [9.17, 15) is 4.79 Å². The number of para-hydroxylation sites is 1. The molecule has 2 aromatic rings. The van der Waals surface area contributed by atoms with Crippen molar-refractivity contribution < 1.29 is 14.3 Å². The molecular formula is C16H14LiO3. The van der Waals surface area contributed by atoms with E-state index in [-0.39, 0.29) is 24.8 Å². The molecule has 1 aliphatic heterocycles. The van der Waals surface area contributed by atoms with E-state index in [0.29, 0.717) is 18.6 Å². The molecule has 0 spiro atoms. The minimum Gasteiger partial charge on any atom is -0.462 e. The summed E-state index contributed by atoms with van der Waals surface area (Å²) in [6, 6.07) is 13.4. The van der Waals surface area contributed by atoms with Gasteiger partial charge in [0.25, 0.3) is 0 Å². The van der Waals surface area contributed by atoms with Gasteiger partial charge in [0, 0.05) is 30.8 Å². The number of ether oxygens (including phenoxy) is 2. The molecule has 0 fully saturated rings. The minimum absolute atomic E-state index is 0. The zero-order chi connectivity index (χ0) is 13.2. The van der Waals surface area contributed by atoms with Gasteiger partial charge in [-0.25, -0.2) is 4.79 Å². The Labute approximate surface area is 130 Å². The Morgan fingerprint density at radius 1 is 1.15 bits per heavy atom. The van der Waals surface area contributed by atoms with Gasteiger partial charge in [-0.2, -0.15) is 0 Å². The number of benzene rings is 2. The monoisotopic (exact) mass is 261 g/mol. The first kappa shape index (κ1) is 14.7. The van der Waals surface area contributed by atoms with Crippen molar-refractivity contribution in [2.24, 2.45) is 0 Å². The zero-order valence-corrected chi connectivity index (χ0v) is 11.7. The first-order valence-electron chi connectivity index (χ1n) is 6.34. The van der Waals surface area contributed by atoms with Gasteiger partial charge in [-0.15, -0.1) is 0 Å². The summed E-state index contributed by atoms with van der Waals surface area (Å²) in [7, 11) is 0. The largest absolute Gasteiger partial charge is 0.462 e. The van der Waals surface area contributed by atoms with Crippen LogP contribution in [0.1, 0.15) is 28.4 Å². The number of esters is 1. The molecule has 3 rings (SSSR count). The van der Waals surface area contributed by atoms with E-state index in [0.717, 1.165) is 22.6 Å². The van der Waals surface area contributed by atoms with Gasteiger partial charge in [-0.3, -0.25) is 0 Å². The smallest absolute Gasteiger partial charge is 0.338 e. The maximum absolute atomic E-state index is 12.0. The van der Waals surface area contributed by atoms with Crippen molar-refractivity contribution in [2.75, 3.05) is 6.61 Å². The third kappa shape index (κ3) is 2.60. The second-order valence-electron chi connectivity index (χ2n) is 4.39. The number of hydrogen-bond donors (Lipinski definition) is 0. The van der Waals surface area contributed by atoms with Crippen LogP contribution in [0.2, 0.25) is 0 Å². The van der Waals surface area contributed by atoms with Gasteiger partial charge in [-0.1, -0.05) is 24.3 Å². The standard InChI is InChI=1S/C16H14O3.Li/c1-2-18-16(17)12-7-5-9-15-13(12)10-11-6-3-4-8-14(11)19-15;/h3-9H,2,10H2,1H3;. The Balaban J connectivity index is 0.00000147. The van der Waals surface area contributed by atoms with E-state index in [1.54, 1.807) is 13.0 Å². The van der Waals surface area contributed by atoms with Gasteiger partial charge in [0.1, 0.15) is 11.5 Å². The number of hydrogen-bond acceptors (Lipinski definition) is 3. The van der Waals surface area contributed by atoms with Crippen LogP contribution in [0.15, 0.2) is 42.5 Å². The predicted molar refractivity (Wildman–Crippen MR) is 77.5 cm³/mol. The number of rotatable bonds is 2. The van der Waals surface area contributed by atoms with Gasteiger partial charge >= 0.3 is 5.97 Å². The third-order valence-electron chi connectivity index (χ3n) is 3.19. The fraction of sp³-hybridized carbons (Fsp3) is 0.188. The third-order valence-corrected chi connectivity index (χ3v) is 3.19. The van der Waals surface area contributed by atoms with Crippen LogP contribution in [0.4, 0.5) is 0 Å². The molecule has 4 heteroatoms. The average molecular weight is 261 g/mol. The number of carbonyl (C=O) groups excluding carboxylic acids is 1. The molecule has 97 valence electrons. The van der Waals surface area contributed by atoms with E-state index in [1.165, 1.54) is 0 Å². The first-order valence-corrected chi connectivity index (χ1v) is 6.34. The van der Waals surface area contributed by atoms with Gasteiger partial charge in [0.15, 0.2) is 0 Å². The van der Waals surface area contributed by atoms with Crippen molar-refractivity contribution in [3.05, 3.63) is 59.2 Å². The molecule has 0 saturated carbocycles. The van der Waals surface area contributed by atoms with E-state index in [1.807, 2.05) is 36.4 Å². The molecular weight excluding hydrogens is 247 g/mol. The van der Waals surface area contributed by atoms with Gasteiger partial charge in [0.2, 0.25) is 0 Å². The second kappa shape index (κ2) is 6.17. The number of carbonyl (C=O) groups is 1. The van der Waals surface area contributed by atoms with Crippen LogP contribution in [0.5, 0.6) is 11.5 Å². The van der Waals surface area contributed by atoms with Crippen LogP contribution in [0, 0.1) is 0 Å². The summed E-state index contributed by atoms with van der Waals surface area (Å²) in [5, 5.41) is 0. The van der Waals surface area contributed by atoms with Crippen LogP contribution in [-0.4, -0.2) is 31.4 Å². The molecule has 3 nitrogen and oxygen atoms in total. The maximum atomic E-state index is 12.0. The molecule has 0 atom stereocenters. The topological polar surface area (TPSA) is 35.5 Å². The SMILES string of the molecule is CCOC(=O)c1cccc2c1Cc1ccccc1O2.[Li]. The molecule has 0 saturated heterocycles. The summed E-state index contributed by atoms with van der Waals surface area (Å²) >= 11 is 0. The molecule has 0 aromatic heterocycles. The minimum atomic E-state index is -0.290. The molecule has 0 N–H and O–H groups in total. The molecule has 0 aliphatic carbocycles. The molecule has 1 aliphatic rings. The zero-order valence-electron chi connectivity index (χ0n) is 11.7. The van der Waals surface area contributed by atoms with Gasteiger partial charge in [0.05, 0.1) is 12.2 Å². The quantitative estimate of drug-likeness (QED) is 0.525. The summed E-state index contributed by atoms with van der Waals surface area (Å²) < 4.78 is 10.9. The normalized spacial score (nSPS) is 11.4. The van der Waals surface area contributed by atoms with E-state index in [2.05, 4.69) is 0 Å². The maximum Gasteiger partial charge on any atom is 0.338 e. The number of fused-ring (bicyclic) bond motifs is 2. The molecule has 2 aromatic carbocycles. The van der Waals surface area contributed by atoms with Gasteiger partial charge in [-0.05, 0) is 30.7 Å². The Bertz CT molecular complexity index is 637. The van der Waals surface area contributed by atoms with E-state index < -0.39 is 0 Å². The fourth-order valence-corrected chi connectivity index (χ4v) is 2.30. The molecule has 0 amide bonds. The molecule has 1 heterocycles. The molecule has 1 radical (unpaired) electrons. The summed E-state index contributed by atoms with van der Waals surface area (Å²) in [6.45, 7) is 2.18. The fourth-order valence-electron chi connectivity index (χ4n) is 2.30. The van der Waals surface area contributed by atoms with Crippen LogP contribution in [0.3, 0.4) is 0 Å². The van der Waals surface area contributed by atoms with Crippen LogP contribution in [-0.2, 0) is 11.2 Å². The van der Waals surface area contributed by atoms with Crippen molar-refractivity contribution in [2.45, 2.75) is 13.3 Å². The van der Waals surface area contributed by atoms with Crippen molar-refractivity contribution in [1.29, 1.82) is 0 Å². The summed E-state index contributed by atoms with van der Waals surface area (Å²) in [4.78, 5) is 12.0. The predicted octanol–water partition coefficient (Wildman–Crippen LogP) is 3.18. The van der Waals surface area contributed by atoms with E-state index >= 15 is 0 Å². The molecule has 20 heavy (non-hydrogen) atoms. The summed E-state index contributed by atoms with van der Waals surface area (Å²) in [5.74, 6) is 1.31. The Hall–Kier alpha value is -1.69. The van der Waals surface area contributed by atoms with Crippen molar-refractivity contribution >= 4 is 24.8 Å². The van der Waals surface area contributed by atoms with Crippen molar-refractivity contribution in [1.82, 2.24) is 0 Å².